The zero-order valence-electron chi connectivity index (χ0n) is 12.0. The molecule has 2 N–H and O–H groups in total. The Balaban J connectivity index is 2.02. The van der Waals surface area contributed by atoms with Crippen LogP contribution in [0.4, 0.5) is 0 Å². The summed E-state index contributed by atoms with van der Waals surface area (Å²) in [5, 5.41) is 3.75. The van der Waals surface area contributed by atoms with Crippen LogP contribution >= 0.6 is 0 Å². The second-order valence-electron chi connectivity index (χ2n) is 5.38. The molecule has 0 aromatic carbocycles. The third-order valence-corrected chi connectivity index (χ3v) is 6.00. The minimum Gasteiger partial charge on any atom is -0.345 e. The van der Waals surface area contributed by atoms with E-state index >= 15 is 0 Å². The Morgan fingerprint density at radius 2 is 2.33 bits per heavy atom. The summed E-state index contributed by atoms with van der Waals surface area (Å²) in [6, 6.07) is 3.58. The SMILES string of the molecule is CNCC1CCCCN1S(=O)(=O)c1c[nH]c2ncccc12. The number of pyridine rings is 1. The molecule has 1 aliphatic rings. The average Bonchev–Trinajstić information content (AvgIpc) is 2.93. The first-order valence-corrected chi connectivity index (χ1v) is 8.67. The van der Waals surface area contributed by atoms with Gasteiger partial charge in [0.25, 0.3) is 0 Å². The highest BCUT2D eigenvalue weighted by molar-refractivity contribution is 7.89. The van der Waals surface area contributed by atoms with Crippen molar-refractivity contribution in [2.75, 3.05) is 20.1 Å². The fourth-order valence-electron chi connectivity index (χ4n) is 3.00. The first-order valence-electron chi connectivity index (χ1n) is 7.23. The van der Waals surface area contributed by atoms with Crippen molar-refractivity contribution in [3.63, 3.8) is 0 Å². The van der Waals surface area contributed by atoms with Gasteiger partial charge in [-0.25, -0.2) is 13.4 Å². The van der Waals surface area contributed by atoms with E-state index in [4.69, 9.17) is 0 Å². The van der Waals surface area contributed by atoms with Gasteiger partial charge < -0.3 is 10.3 Å². The zero-order valence-corrected chi connectivity index (χ0v) is 12.9. The van der Waals surface area contributed by atoms with Gasteiger partial charge in [0.2, 0.25) is 10.0 Å². The third kappa shape index (κ3) is 2.56. The van der Waals surface area contributed by atoms with Gasteiger partial charge in [0.1, 0.15) is 10.5 Å². The largest absolute Gasteiger partial charge is 0.345 e. The van der Waals surface area contributed by atoms with Gasteiger partial charge in [-0.2, -0.15) is 4.31 Å². The third-order valence-electron chi connectivity index (χ3n) is 4.01. The second kappa shape index (κ2) is 5.75. The van der Waals surface area contributed by atoms with Gasteiger partial charge in [0.15, 0.2) is 0 Å². The van der Waals surface area contributed by atoms with E-state index in [-0.39, 0.29) is 6.04 Å². The van der Waals surface area contributed by atoms with Crippen molar-refractivity contribution in [1.29, 1.82) is 0 Å². The van der Waals surface area contributed by atoms with Crippen molar-refractivity contribution in [2.45, 2.75) is 30.2 Å². The minimum absolute atomic E-state index is 0.0235. The summed E-state index contributed by atoms with van der Waals surface area (Å²) < 4.78 is 27.6. The van der Waals surface area contributed by atoms with Crippen LogP contribution < -0.4 is 5.32 Å². The van der Waals surface area contributed by atoms with Gasteiger partial charge >= 0.3 is 0 Å². The van der Waals surface area contributed by atoms with Crippen LogP contribution in [0.15, 0.2) is 29.4 Å². The quantitative estimate of drug-likeness (QED) is 0.893. The van der Waals surface area contributed by atoms with Crippen molar-refractivity contribution in [2.24, 2.45) is 0 Å². The standard InChI is InChI=1S/C14H20N4O2S/c1-15-9-11-5-2-3-8-18(11)21(19,20)13-10-17-14-12(13)6-4-7-16-14/h4,6-7,10-11,15H,2-3,5,8-9H2,1H3,(H,16,17). The van der Waals surface area contributed by atoms with Crippen LogP contribution in [0.5, 0.6) is 0 Å². The maximum atomic E-state index is 13.0. The molecule has 1 saturated heterocycles. The Hall–Kier alpha value is -1.44. The monoisotopic (exact) mass is 308 g/mol. The first-order chi connectivity index (χ1) is 10.1. The van der Waals surface area contributed by atoms with Crippen molar-refractivity contribution in [3.8, 4) is 0 Å². The highest BCUT2D eigenvalue weighted by Gasteiger charge is 2.34. The summed E-state index contributed by atoms with van der Waals surface area (Å²) in [5.74, 6) is 0. The number of likely N-dealkylation sites (N-methyl/N-ethyl adjacent to an activating group) is 1. The summed E-state index contributed by atoms with van der Waals surface area (Å²) >= 11 is 0. The van der Waals surface area contributed by atoms with E-state index in [0.717, 1.165) is 19.3 Å². The lowest BCUT2D eigenvalue weighted by atomic mass is 10.1. The molecule has 3 rings (SSSR count). The predicted octanol–water partition coefficient (Wildman–Crippen LogP) is 1.33. The molecule has 114 valence electrons. The lowest BCUT2D eigenvalue weighted by Crippen LogP contribution is -2.47. The number of nitrogens with zero attached hydrogens (tertiary/aromatic N) is 2. The van der Waals surface area contributed by atoms with E-state index in [2.05, 4.69) is 15.3 Å². The molecule has 3 heterocycles. The van der Waals surface area contributed by atoms with Crippen molar-refractivity contribution >= 4 is 21.1 Å². The second-order valence-corrected chi connectivity index (χ2v) is 7.23. The molecule has 7 heteroatoms. The topological polar surface area (TPSA) is 78.1 Å². The molecule has 2 aromatic heterocycles. The highest BCUT2D eigenvalue weighted by atomic mass is 32.2. The van der Waals surface area contributed by atoms with Gasteiger partial charge in [-0.05, 0) is 32.0 Å². The van der Waals surface area contributed by atoms with E-state index < -0.39 is 10.0 Å². The number of piperidine rings is 1. The maximum Gasteiger partial charge on any atom is 0.245 e. The Kier molecular flexibility index (Phi) is 3.97. The number of hydrogen-bond donors (Lipinski definition) is 2. The zero-order chi connectivity index (χ0) is 14.9. The van der Waals surface area contributed by atoms with Crippen LogP contribution in [0.2, 0.25) is 0 Å². The van der Waals surface area contributed by atoms with Gasteiger partial charge in [-0.1, -0.05) is 6.42 Å². The lowest BCUT2D eigenvalue weighted by molar-refractivity contribution is 0.249. The molecule has 1 unspecified atom stereocenters. The van der Waals surface area contributed by atoms with Gasteiger partial charge in [-0.15, -0.1) is 0 Å². The molecular formula is C14H20N4O2S. The number of nitrogens with one attached hydrogen (secondary N) is 2. The smallest absolute Gasteiger partial charge is 0.245 e. The normalized spacial score (nSPS) is 20.9. The molecule has 1 atom stereocenters. The highest BCUT2D eigenvalue weighted by Crippen LogP contribution is 2.29. The maximum absolute atomic E-state index is 13.0. The van der Waals surface area contributed by atoms with Gasteiger partial charge in [0.05, 0.1) is 0 Å². The molecule has 0 saturated carbocycles. The van der Waals surface area contributed by atoms with Crippen LogP contribution in [0, 0.1) is 0 Å². The van der Waals surface area contributed by atoms with Crippen LogP contribution in [-0.4, -0.2) is 48.9 Å². The number of hydrogen-bond acceptors (Lipinski definition) is 4. The summed E-state index contributed by atoms with van der Waals surface area (Å²) in [5.41, 5.74) is 0.609. The molecule has 6 nitrogen and oxygen atoms in total. The molecule has 1 fully saturated rings. The van der Waals surface area contributed by atoms with Crippen LogP contribution in [0.25, 0.3) is 11.0 Å². The Morgan fingerprint density at radius 1 is 1.48 bits per heavy atom. The summed E-state index contributed by atoms with van der Waals surface area (Å²) in [4.78, 5) is 7.44. The van der Waals surface area contributed by atoms with Crippen molar-refractivity contribution in [3.05, 3.63) is 24.5 Å². The first kappa shape index (κ1) is 14.5. The number of aromatic nitrogens is 2. The van der Waals surface area contributed by atoms with Gasteiger partial charge in [-0.3, -0.25) is 0 Å². The summed E-state index contributed by atoms with van der Waals surface area (Å²) in [6.07, 6.45) is 6.10. The fourth-order valence-corrected chi connectivity index (χ4v) is 4.85. The number of rotatable bonds is 4. The molecular weight excluding hydrogens is 288 g/mol. The Bertz CT molecular complexity index is 723. The van der Waals surface area contributed by atoms with E-state index in [1.807, 2.05) is 7.05 Å². The van der Waals surface area contributed by atoms with Gasteiger partial charge in [0, 0.05) is 36.9 Å². The molecule has 0 aliphatic carbocycles. The minimum atomic E-state index is -3.49. The number of H-pyrrole nitrogens is 1. The Morgan fingerprint density at radius 3 is 3.14 bits per heavy atom. The van der Waals surface area contributed by atoms with Crippen LogP contribution in [0.1, 0.15) is 19.3 Å². The molecule has 0 radical (unpaired) electrons. The molecule has 0 bridgehead atoms. The number of sulfonamides is 1. The average molecular weight is 308 g/mol. The van der Waals surface area contributed by atoms with Crippen molar-refractivity contribution < 1.29 is 8.42 Å². The van der Waals surface area contributed by atoms with E-state index in [1.165, 1.54) is 0 Å². The van der Waals surface area contributed by atoms with Crippen LogP contribution in [-0.2, 0) is 10.0 Å². The molecule has 21 heavy (non-hydrogen) atoms. The Labute approximate surface area is 124 Å². The predicted molar refractivity (Wildman–Crippen MR) is 81.6 cm³/mol. The fraction of sp³-hybridized carbons (Fsp3) is 0.500. The van der Waals surface area contributed by atoms with Crippen LogP contribution in [0.3, 0.4) is 0 Å². The number of aromatic amines is 1. The summed E-state index contributed by atoms with van der Waals surface area (Å²) in [7, 11) is -1.64. The molecule has 1 aliphatic heterocycles. The molecule has 0 spiro atoms. The van der Waals surface area contributed by atoms with E-state index in [9.17, 15) is 8.42 Å². The summed E-state index contributed by atoms with van der Waals surface area (Å²) in [6.45, 7) is 1.27. The number of fused-ring (bicyclic) bond motifs is 1. The lowest BCUT2D eigenvalue weighted by Gasteiger charge is -2.34. The van der Waals surface area contributed by atoms with Crippen molar-refractivity contribution in [1.82, 2.24) is 19.6 Å². The molecule has 0 amide bonds. The molecule has 2 aromatic rings. The van der Waals surface area contributed by atoms with E-state index in [0.29, 0.717) is 29.0 Å². The van der Waals surface area contributed by atoms with E-state index in [1.54, 1.807) is 28.8 Å².